The van der Waals surface area contributed by atoms with E-state index in [-0.39, 0.29) is 6.61 Å². The van der Waals surface area contributed by atoms with Crippen molar-refractivity contribution in [2.45, 2.75) is 33.5 Å². The lowest BCUT2D eigenvalue weighted by atomic mass is 10.1. The van der Waals surface area contributed by atoms with Crippen LogP contribution in [-0.2, 0) is 19.7 Å². The highest BCUT2D eigenvalue weighted by atomic mass is 16.5. The molecule has 2 aromatic carbocycles. The Labute approximate surface area is 133 Å². The van der Waals surface area contributed by atoms with Gasteiger partial charge in [-0.1, -0.05) is 50.2 Å². The molecule has 2 N–H and O–H groups in total. The summed E-state index contributed by atoms with van der Waals surface area (Å²) < 4.78 is 5.68. The van der Waals surface area contributed by atoms with Gasteiger partial charge in [0.25, 0.3) is 0 Å². The lowest BCUT2D eigenvalue weighted by molar-refractivity contribution is 0.271. The number of aliphatic hydroxyl groups excluding tert-OH is 1. The largest absolute Gasteiger partial charge is 0.493 e. The summed E-state index contributed by atoms with van der Waals surface area (Å²) in [7, 11) is 0. The highest BCUT2D eigenvalue weighted by Gasteiger charge is 2.01. The number of benzene rings is 2. The second-order valence-corrected chi connectivity index (χ2v) is 5.88. The third kappa shape index (κ3) is 5.17. The first-order valence-corrected chi connectivity index (χ1v) is 7.79. The fourth-order valence-electron chi connectivity index (χ4n) is 2.19. The van der Waals surface area contributed by atoms with Gasteiger partial charge in [0.05, 0.1) is 13.2 Å². The summed E-state index contributed by atoms with van der Waals surface area (Å²) in [5.41, 5.74) is 3.34. The lowest BCUT2D eigenvalue weighted by Gasteiger charge is -2.11. The Balaban J connectivity index is 1.82. The second-order valence-electron chi connectivity index (χ2n) is 5.88. The van der Waals surface area contributed by atoms with Crippen molar-refractivity contribution in [3.8, 4) is 5.75 Å². The van der Waals surface area contributed by atoms with E-state index in [9.17, 15) is 5.11 Å². The molecule has 0 spiro atoms. The molecule has 0 aliphatic heterocycles. The predicted octanol–water partition coefficient (Wildman–Crippen LogP) is 3.50. The van der Waals surface area contributed by atoms with Crippen LogP contribution >= 0.6 is 0 Å². The Bertz CT molecular complexity index is 564. The molecular formula is C19H25NO2. The van der Waals surface area contributed by atoms with Gasteiger partial charge in [-0.25, -0.2) is 0 Å². The quantitative estimate of drug-likeness (QED) is 0.784. The molecule has 2 aromatic rings. The van der Waals surface area contributed by atoms with Gasteiger partial charge < -0.3 is 15.2 Å². The minimum Gasteiger partial charge on any atom is -0.493 e. The van der Waals surface area contributed by atoms with E-state index < -0.39 is 0 Å². The molecule has 0 radical (unpaired) electrons. The molecule has 3 heteroatoms. The zero-order chi connectivity index (χ0) is 15.8. The molecule has 0 saturated carbocycles. The maximum atomic E-state index is 9.31. The van der Waals surface area contributed by atoms with E-state index >= 15 is 0 Å². The molecule has 0 amide bonds. The maximum Gasteiger partial charge on any atom is 0.119 e. The fraction of sp³-hybridized carbons (Fsp3) is 0.368. The van der Waals surface area contributed by atoms with Gasteiger partial charge in [-0.2, -0.15) is 0 Å². The van der Waals surface area contributed by atoms with Gasteiger partial charge in [-0.15, -0.1) is 0 Å². The molecule has 0 fully saturated rings. The molecule has 0 heterocycles. The SMILES string of the molecule is CC(C)COc1ccc(CNCc2ccccc2CO)cc1. The first-order valence-electron chi connectivity index (χ1n) is 7.79. The molecular weight excluding hydrogens is 274 g/mol. The Morgan fingerprint density at radius 2 is 1.64 bits per heavy atom. The van der Waals surface area contributed by atoms with Gasteiger partial charge in [0, 0.05) is 13.1 Å². The third-order valence-electron chi connectivity index (χ3n) is 3.44. The van der Waals surface area contributed by atoms with E-state index in [0.29, 0.717) is 5.92 Å². The lowest BCUT2D eigenvalue weighted by Crippen LogP contribution is -2.14. The van der Waals surface area contributed by atoms with Crippen LogP contribution in [-0.4, -0.2) is 11.7 Å². The van der Waals surface area contributed by atoms with Crippen LogP contribution in [0.2, 0.25) is 0 Å². The van der Waals surface area contributed by atoms with Crippen LogP contribution < -0.4 is 10.1 Å². The second kappa shape index (κ2) is 8.57. The molecule has 2 rings (SSSR count). The summed E-state index contributed by atoms with van der Waals surface area (Å²) in [4.78, 5) is 0. The normalized spacial score (nSPS) is 10.9. The smallest absolute Gasteiger partial charge is 0.119 e. The molecule has 0 bridgehead atoms. The van der Waals surface area contributed by atoms with Crippen molar-refractivity contribution in [1.82, 2.24) is 5.32 Å². The molecule has 3 nitrogen and oxygen atoms in total. The van der Waals surface area contributed by atoms with E-state index in [1.54, 1.807) is 0 Å². The van der Waals surface area contributed by atoms with Crippen LogP contribution in [0.4, 0.5) is 0 Å². The Morgan fingerprint density at radius 3 is 2.27 bits per heavy atom. The summed E-state index contributed by atoms with van der Waals surface area (Å²) in [6.07, 6.45) is 0. The van der Waals surface area contributed by atoms with Crippen molar-refractivity contribution in [3.05, 3.63) is 65.2 Å². The van der Waals surface area contributed by atoms with Gasteiger partial charge in [-0.3, -0.25) is 0 Å². The van der Waals surface area contributed by atoms with Crippen LogP contribution in [0.1, 0.15) is 30.5 Å². The highest BCUT2D eigenvalue weighted by Crippen LogP contribution is 2.14. The van der Waals surface area contributed by atoms with Gasteiger partial charge >= 0.3 is 0 Å². The van der Waals surface area contributed by atoms with E-state index in [1.807, 2.05) is 36.4 Å². The van der Waals surface area contributed by atoms with E-state index in [4.69, 9.17) is 4.74 Å². The van der Waals surface area contributed by atoms with Gasteiger partial charge in [0.2, 0.25) is 0 Å². The van der Waals surface area contributed by atoms with E-state index in [2.05, 4.69) is 31.3 Å². The summed E-state index contributed by atoms with van der Waals surface area (Å²) in [5.74, 6) is 1.45. The Kier molecular flexibility index (Phi) is 6.44. The summed E-state index contributed by atoms with van der Waals surface area (Å²) in [5, 5.41) is 12.7. The first-order chi connectivity index (χ1) is 10.7. The van der Waals surface area contributed by atoms with Crippen LogP contribution in [0.5, 0.6) is 5.75 Å². The van der Waals surface area contributed by atoms with Gasteiger partial charge in [0.15, 0.2) is 0 Å². The molecule has 22 heavy (non-hydrogen) atoms. The van der Waals surface area contributed by atoms with Gasteiger partial charge in [0.1, 0.15) is 5.75 Å². The number of nitrogens with one attached hydrogen (secondary N) is 1. The van der Waals surface area contributed by atoms with E-state index in [1.165, 1.54) is 5.56 Å². The average Bonchev–Trinajstić information content (AvgIpc) is 2.54. The van der Waals surface area contributed by atoms with E-state index in [0.717, 1.165) is 36.6 Å². The average molecular weight is 299 g/mol. The Morgan fingerprint density at radius 1 is 0.955 bits per heavy atom. The van der Waals surface area contributed by atoms with Crippen molar-refractivity contribution in [2.75, 3.05) is 6.61 Å². The summed E-state index contributed by atoms with van der Waals surface area (Å²) in [6, 6.07) is 16.1. The van der Waals surface area contributed by atoms with Crippen LogP contribution in [0.15, 0.2) is 48.5 Å². The number of aliphatic hydroxyl groups is 1. The monoisotopic (exact) mass is 299 g/mol. The van der Waals surface area contributed by atoms with Crippen LogP contribution in [0.25, 0.3) is 0 Å². The third-order valence-corrected chi connectivity index (χ3v) is 3.44. The molecule has 118 valence electrons. The summed E-state index contributed by atoms with van der Waals surface area (Å²) >= 11 is 0. The number of hydrogen-bond acceptors (Lipinski definition) is 3. The van der Waals surface area contributed by atoms with Crippen molar-refractivity contribution in [3.63, 3.8) is 0 Å². The summed E-state index contributed by atoms with van der Waals surface area (Å²) in [6.45, 7) is 6.66. The van der Waals surface area contributed by atoms with Crippen LogP contribution in [0, 0.1) is 5.92 Å². The van der Waals surface area contributed by atoms with Crippen molar-refractivity contribution in [1.29, 1.82) is 0 Å². The number of rotatable bonds is 8. The first kappa shape index (κ1) is 16.5. The number of ether oxygens (including phenoxy) is 1. The predicted molar refractivity (Wildman–Crippen MR) is 89.7 cm³/mol. The van der Waals surface area contributed by atoms with Crippen LogP contribution in [0.3, 0.4) is 0 Å². The fourth-order valence-corrected chi connectivity index (χ4v) is 2.19. The highest BCUT2D eigenvalue weighted by molar-refractivity contribution is 5.28. The zero-order valence-corrected chi connectivity index (χ0v) is 13.4. The molecule has 0 atom stereocenters. The molecule has 0 saturated heterocycles. The zero-order valence-electron chi connectivity index (χ0n) is 13.4. The molecule has 0 aliphatic carbocycles. The van der Waals surface area contributed by atoms with Crippen molar-refractivity contribution >= 4 is 0 Å². The maximum absolute atomic E-state index is 9.31. The molecule has 0 unspecified atom stereocenters. The minimum absolute atomic E-state index is 0.0831. The number of hydrogen-bond donors (Lipinski definition) is 2. The Hall–Kier alpha value is -1.84. The minimum atomic E-state index is 0.0831. The topological polar surface area (TPSA) is 41.5 Å². The van der Waals surface area contributed by atoms with Crippen molar-refractivity contribution < 1.29 is 9.84 Å². The standard InChI is InChI=1S/C19H25NO2/c1-15(2)14-22-19-9-7-16(8-10-19)11-20-12-17-5-3-4-6-18(17)13-21/h3-10,15,20-21H,11-14H2,1-2H3. The van der Waals surface area contributed by atoms with Crippen molar-refractivity contribution in [2.24, 2.45) is 5.92 Å². The molecule has 0 aromatic heterocycles. The van der Waals surface area contributed by atoms with Gasteiger partial charge in [-0.05, 0) is 34.7 Å². The molecule has 0 aliphatic rings.